The molecule has 0 amide bonds. The van der Waals surface area contributed by atoms with E-state index in [1.54, 1.807) is 0 Å². The lowest BCUT2D eigenvalue weighted by Gasteiger charge is -2.18. The first-order chi connectivity index (χ1) is 33.5. The van der Waals surface area contributed by atoms with Gasteiger partial charge >= 0.3 is 17.9 Å². The fraction of sp³-hybridized carbons (Fsp3) is 0.758. The zero-order valence-corrected chi connectivity index (χ0v) is 44.9. The number of unbranched alkanes of at least 4 members (excludes halogenated alkanes) is 29. The molecule has 0 spiro atoms. The predicted octanol–water partition coefficient (Wildman–Crippen LogP) is 19.4. The van der Waals surface area contributed by atoms with Crippen LogP contribution in [0.5, 0.6) is 0 Å². The van der Waals surface area contributed by atoms with E-state index in [4.69, 9.17) is 14.2 Å². The Labute approximate surface area is 421 Å². The molecule has 6 nitrogen and oxygen atoms in total. The van der Waals surface area contributed by atoms with Crippen LogP contribution in [0.2, 0.25) is 0 Å². The summed E-state index contributed by atoms with van der Waals surface area (Å²) in [6, 6.07) is 0. The molecule has 0 saturated heterocycles. The molecule has 0 aromatic rings. The van der Waals surface area contributed by atoms with Crippen LogP contribution < -0.4 is 0 Å². The molecule has 0 fully saturated rings. The lowest BCUT2D eigenvalue weighted by Crippen LogP contribution is -2.30. The van der Waals surface area contributed by atoms with Gasteiger partial charge in [0.15, 0.2) is 6.10 Å². The lowest BCUT2D eigenvalue weighted by atomic mass is 10.0. The van der Waals surface area contributed by atoms with Crippen LogP contribution in [0.15, 0.2) is 72.9 Å². The minimum absolute atomic E-state index is 0.0881. The van der Waals surface area contributed by atoms with E-state index in [1.165, 1.54) is 122 Å². The van der Waals surface area contributed by atoms with Crippen LogP contribution in [0.25, 0.3) is 0 Å². The van der Waals surface area contributed by atoms with Crippen molar-refractivity contribution in [3.05, 3.63) is 72.9 Å². The summed E-state index contributed by atoms with van der Waals surface area (Å²) in [6.45, 7) is 6.49. The van der Waals surface area contributed by atoms with Crippen molar-refractivity contribution >= 4 is 17.9 Å². The summed E-state index contributed by atoms with van der Waals surface area (Å²) in [4.78, 5) is 38.2. The highest BCUT2D eigenvalue weighted by Crippen LogP contribution is 2.16. The third-order valence-electron chi connectivity index (χ3n) is 12.4. The molecule has 0 aliphatic carbocycles. The van der Waals surface area contributed by atoms with Gasteiger partial charge in [-0.05, 0) is 89.9 Å². The molecule has 0 radical (unpaired) electrons. The first-order valence-corrected chi connectivity index (χ1v) is 28.9. The monoisotopic (exact) mass is 949 g/mol. The molecule has 6 heteroatoms. The van der Waals surface area contributed by atoms with Crippen molar-refractivity contribution in [1.29, 1.82) is 0 Å². The highest BCUT2D eigenvalue weighted by molar-refractivity contribution is 5.71. The maximum absolute atomic E-state index is 12.9. The van der Waals surface area contributed by atoms with Crippen molar-refractivity contribution in [2.75, 3.05) is 13.2 Å². The quantitative estimate of drug-likeness (QED) is 0.0262. The van der Waals surface area contributed by atoms with Crippen LogP contribution >= 0.6 is 0 Å². The predicted molar refractivity (Wildman–Crippen MR) is 293 cm³/mol. The van der Waals surface area contributed by atoms with Gasteiger partial charge in [-0.25, -0.2) is 0 Å². The molecule has 0 aliphatic heterocycles. The standard InChI is InChI=1S/C62H108O6/c1-4-7-10-13-16-19-22-25-28-30-32-34-37-40-43-46-49-52-55-61(64)67-58-59(57-66-60(63)54-51-48-45-42-39-36-33-27-24-21-18-15-12-9-6-3)68-62(65)56-53-50-47-44-41-38-35-31-29-26-23-20-17-14-11-8-5-2/h9,12,17-18,20-21,26-27,29,33,35,38,59H,4-8,10-11,13-16,19,22-25,28,30-32,34,36-37,39-58H2,1-3H3/b12-9+,20-17+,21-18+,29-26+,33-27+,38-35+/t59-/m1/s1. The Morgan fingerprint density at radius 1 is 0.309 bits per heavy atom. The van der Waals surface area contributed by atoms with Crippen LogP contribution in [0, 0.1) is 0 Å². The van der Waals surface area contributed by atoms with Crippen LogP contribution in [0.3, 0.4) is 0 Å². The molecule has 0 aromatic heterocycles. The van der Waals surface area contributed by atoms with Crippen molar-refractivity contribution < 1.29 is 28.6 Å². The van der Waals surface area contributed by atoms with Gasteiger partial charge in [0.05, 0.1) is 0 Å². The Kier molecular flexibility index (Phi) is 53.8. The number of hydrogen-bond donors (Lipinski definition) is 0. The molecule has 0 aromatic carbocycles. The number of ether oxygens (including phenoxy) is 3. The molecule has 0 heterocycles. The Balaban J connectivity index is 4.42. The molecule has 0 saturated carbocycles. The van der Waals surface area contributed by atoms with E-state index in [-0.39, 0.29) is 31.1 Å². The van der Waals surface area contributed by atoms with E-state index >= 15 is 0 Å². The minimum atomic E-state index is -0.793. The second-order valence-corrected chi connectivity index (χ2v) is 19.2. The van der Waals surface area contributed by atoms with Gasteiger partial charge in [-0.3, -0.25) is 14.4 Å². The van der Waals surface area contributed by atoms with E-state index in [0.717, 1.165) is 122 Å². The van der Waals surface area contributed by atoms with Gasteiger partial charge in [0, 0.05) is 19.3 Å². The topological polar surface area (TPSA) is 78.9 Å². The van der Waals surface area contributed by atoms with Crippen molar-refractivity contribution in [2.45, 2.75) is 290 Å². The Morgan fingerprint density at radius 2 is 0.574 bits per heavy atom. The number of carbonyl (C=O) groups excluding carboxylic acids is 3. The Hall–Kier alpha value is -3.15. The smallest absolute Gasteiger partial charge is 0.306 e. The molecule has 68 heavy (non-hydrogen) atoms. The molecule has 0 unspecified atom stereocenters. The first kappa shape index (κ1) is 64.8. The molecular formula is C62H108O6. The zero-order valence-electron chi connectivity index (χ0n) is 44.9. The largest absolute Gasteiger partial charge is 0.462 e. The normalized spacial score (nSPS) is 12.6. The number of carbonyl (C=O) groups is 3. The van der Waals surface area contributed by atoms with Crippen LogP contribution in [-0.2, 0) is 28.6 Å². The van der Waals surface area contributed by atoms with Crippen LogP contribution in [-0.4, -0.2) is 37.2 Å². The van der Waals surface area contributed by atoms with E-state index in [1.807, 2.05) is 0 Å². The summed E-state index contributed by atoms with van der Waals surface area (Å²) >= 11 is 0. The van der Waals surface area contributed by atoms with Gasteiger partial charge in [-0.1, -0.05) is 248 Å². The second kappa shape index (κ2) is 56.4. The fourth-order valence-electron chi connectivity index (χ4n) is 8.11. The highest BCUT2D eigenvalue weighted by atomic mass is 16.6. The van der Waals surface area contributed by atoms with Gasteiger partial charge in [-0.2, -0.15) is 0 Å². The number of hydrogen-bond acceptors (Lipinski definition) is 6. The summed E-state index contributed by atoms with van der Waals surface area (Å²) in [5.41, 5.74) is 0. The molecule has 1 atom stereocenters. The molecule has 0 N–H and O–H groups in total. The van der Waals surface area contributed by atoms with Crippen molar-refractivity contribution in [1.82, 2.24) is 0 Å². The average molecular weight is 950 g/mol. The van der Waals surface area contributed by atoms with Gasteiger partial charge in [-0.15, -0.1) is 0 Å². The van der Waals surface area contributed by atoms with E-state index in [9.17, 15) is 14.4 Å². The summed E-state index contributed by atoms with van der Waals surface area (Å²) in [5.74, 6) is -0.918. The van der Waals surface area contributed by atoms with Gasteiger partial charge in [0.2, 0.25) is 0 Å². The maximum atomic E-state index is 12.9. The van der Waals surface area contributed by atoms with Crippen molar-refractivity contribution in [3.63, 3.8) is 0 Å². The third-order valence-corrected chi connectivity index (χ3v) is 12.4. The first-order valence-electron chi connectivity index (χ1n) is 28.9. The van der Waals surface area contributed by atoms with Crippen molar-refractivity contribution in [2.24, 2.45) is 0 Å². The molecular weight excluding hydrogens is 841 g/mol. The molecule has 0 rings (SSSR count). The van der Waals surface area contributed by atoms with Gasteiger partial charge in [0.25, 0.3) is 0 Å². The van der Waals surface area contributed by atoms with Crippen molar-refractivity contribution in [3.8, 4) is 0 Å². The number of allylic oxidation sites excluding steroid dienone is 12. The zero-order chi connectivity index (χ0) is 49.3. The molecule has 0 aliphatic rings. The summed E-state index contributed by atoms with van der Waals surface area (Å²) < 4.78 is 16.8. The van der Waals surface area contributed by atoms with E-state index in [2.05, 4.69) is 93.7 Å². The summed E-state index contributed by atoms with van der Waals surface area (Å²) in [6.07, 6.45) is 71.7. The van der Waals surface area contributed by atoms with Crippen LogP contribution in [0.1, 0.15) is 284 Å². The van der Waals surface area contributed by atoms with Gasteiger partial charge in [0.1, 0.15) is 13.2 Å². The number of esters is 3. The highest BCUT2D eigenvalue weighted by Gasteiger charge is 2.19. The summed E-state index contributed by atoms with van der Waals surface area (Å²) in [5, 5.41) is 0. The Morgan fingerprint density at radius 3 is 0.926 bits per heavy atom. The number of rotatable bonds is 52. The van der Waals surface area contributed by atoms with Gasteiger partial charge < -0.3 is 14.2 Å². The minimum Gasteiger partial charge on any atom is -0.462 e. The average Bonchev–Trinajstić information content (AvgIpc) is 3.34. The Bertz CT molecular complexity index is 1270. The summed E-state index contributed by atoms with van der Waals surface area (Å²) in [7, 11) is 0. The molecule has 392 valence electrons. The van der Waals surface area contributed by atoms with E-state index < -0.39 is 6.10 Å². The van der Waals surface area contributed by atoms with Crippen LogP contribution in [0.4, 0.5) is 0 Å². The third kappa shape index (κ3) is 53.8. The fourth-order valence-corrected chi connectivity index (χ4v) is 8.11. The SMILES string of the molecule is CC/C=C/C/C=C/C/C=C/CCCCCCCC(=O)OC[C@H](COC(=O)CCCCCCCCCCCCCCCCCCCC)OC(=O)CCCCCC/C=C/C/C=C/C/C=C/CCCCC. The maximum Gasteiger partial charge on any atom is 0.306 e. The van der Waals surface area contributed by atoms with E-state index in [0.29, 0.717) is 19.3 Å². The second-order valence-electron chi connectivity index (χ2n) is 19.2. The lowest BCUT2D eigenvalue weighted by molar-refractivity contribution is -0.167. The molecule has 0 bridgehead atoms.